The number of imide groups is 1. The smallest absolute Gasteiger partial charge is 0.410 e. The van der Waals surface area contributed by atoms with Gasteiger partial charge in [-0.1, -0.05) is 90.7 Å². The van der Waals surface area contributed by atoms with E-state index in [1.807, 2.05) is 13.8 Å². The van der Waals surface area contributed by atoms with E-state index in [0.29, 0.717) is 73.4 Å². The first-order valence-electron chi connectivity index (χ1n) is 32.7. The van der Waals surface area contributed by atoms with E-state index in [2.05, 4.69) is 31.7 Å². The summed E-state index contributed by atoms with van der Waals surface area (Å²) in [6.07, 6.45) is 3.34. The van der Waals surface area contributed by atoms with Gasteiger partial charge in [0, 0.05) is 77.7 Å². The Balaban J connectivity index is 1.03. The van der Waals surface area contributed by atoms with E-state index >= 15 is 0 Å². The molecule has 11 amide bonds. The molecule has 4 unspecified atom stereocenters. The molecule has 0 spiro atoms. The van der Waals surface area contributed by atoms with Gasteiger partial charge >= 0.3 is 6.09 Å². The molecule has 2 saturated heterocycles. The number of thioether (sulfide) groups is 1. The second-order valence-corrected chi connectivity index (χ2v) is 27.0. The van der Waals surface area contributed by atoms with Gasteiger partial charge in [-0.05, 0) is 91.5 Å². The van der Waals surface area contributed by atoms with Crippen LogP contribution in [0, 0.1) is 29.1 Å². The van der Waals surface area contributed by atoms with Crippen LogP contribution in [0.15, 0.2) is 53.7 Å². The lowest BCUT2D eigenvalue weighted by Crippen LogP contribution is -2.55. The first-order valence-corrected chi connectivity index (χ1v) is 33.8. The SMILES string of the molecule is CC[C@H](C)C([C@@H](CC(=O)N1CCC[C@H]1[C@H](OC)[C@@H](C)C(=O)NC/C(=N/O)c1cccc(OC)c1)OC)N(C)C(=O)CNC(=O)C(C(C)C)N(C)C(=O)OCc1ccc(NC(=O)CNC(=O)C(NC(=O)CCCCCN2C(=O)CC(SCC3(CC(N)=O)CC3)C2=O)C(C)C)cc1. The molecule has 1 saturated carbocycles. The van der Waals surface area contributed by atoms with Gasteiger partial charge in [-0.15, -0.1) is 11.8 Å². The highest BCUT2D eigenvalue weighted by molar-refractivity contribution is 8.00. The van der Waals surface area contributed by atoms with Crippen LogP contribution in [0.4, 0.5) is 10.5 Å². The number of likely N-dealkylation sites (tertiary alicyclic amines) is 2. The normalized spacial score (nSPS) is 18.2. The van der Waals surface area contributed by atoms with Crippen molar-refractivity contribution < 1.29 is 76.9 Å². The lowest BCUT2D eigenvalue weighted by Gasteiger charge is -2.39. The Bertz CT molecular complexity index is 3020. The third kappa shape index (κ3) is 22.6. The third-order valence-electron chi connectivity index (χ3n) is 18.2. The summed E-state index contributed by atoms with van der Waals surface area (Å²) in [6.45, 7) is 12.2. The Morgan fingerprint density at radius 1 is 0.821 bits per heavy atom. The lowest BCUT2D eigenvalue weighted by molar-refractivity contribution is -0.145. The van der Waals surface area contributed by atoms with Crippen LogP contribution in [0.2, 0.25) is 0 Å². The first kappa shape index (κ1) is 77.9. The molecule has 3 aliphatic rings. The van der Waals surface area contributed by atoms with Crippen molar-refractivity contribution in [3.8, 4) is 5.75 Å². The average molecular weight is 1350 g/mol. The quantitative estimate of drug-likeness (QED) is 0.0158. The van der Waals surface area contributed by atoms with Crippen LogP contribution in [0.3, 0.4) is 0 Å². The van der Waals surface area contributed by atoms with Gasteiger partial charge in [0.2, 0.25) is 59.1 Å². The fourth-order valence-electron chi connectivity index (χ4n) is 12.2. The molecule has 0 radical (unpaired) electrons. The minimum absolute atomic E-state index is 0.0759. The number of ether oxygens (including phenoxy) is 4. The van der Waals surface area contributed by atoms with E-state index in [-0.39, 0.29) is 104 Å². The second-order valence-electron chi connectivity index (χ2n) is 25.8. The molecule has 9 atom stereocenters. The van der Waals surface area contributed by atoms with Crippen LogP contribution in [0.1, 0.15) is 137 Å². The fraction of sp³-hybridized carbons (Fsp3) is 0.642. The number of carbonyl (C=O) groups is 11. The number of anilines is 1. The van der Waals surface area contributed by atoms with Crippen LogP contribution < -0.4 is 37.1 Å². The molecule has 28 heteroatoms. The summed E-state index contributed by atoms with van der Waals surface area (Å²) in [6, 6.07) is 10.3. The number of methoxy groups -OCH3 is 3. The molecule has 5 rings (SSSR count). The Labute approximate surface area is 562 Å². The Hall–Kier alpha value is -7.85. The maximum Gasteiger partial charge on any atom is 0.410 e. The highest BCUT2D eigenvalue weighted by Gasteiger charge is 2.47. The Morgan fingerprint density at radius 3 is 2.12 bits per heavy atom. The highest BCUT2D eigenvalue weighted by atomic mass is 32.2. The van der Waals surface area contributed by atoms with Crippen molar-refractivity contribution in [1.29, 1.82) is 0 Å². The van der Waals surface area contributed by atoms with Crippen LogP contribution in [-0.2, 0) is 68.8 Å². The molecule has 2 aliphatic heterocycles. The first-order chi connectivity index (χ1) is 45.1. The Morgan fingerprint density at radius 2 is 1.51 bits per heavy atom. The van der Waals surface area contributed by atoms with Gasteiger partial charge < -0.3 is 66.3 Å². The predicted octanol–water partition coefficient (Wildman–Crippen LogP) is 4.59. The molecule has 2 aromatic rings. The molecule has 1 aliphatic carbocycles. The summed E-state index contributed by atoms with van der Waals surface area (Å²) in [7, 11) is 7.51. The highest BCUT2D eigenvalue weighted by Crippen LogP contribution is 2.52. The second kappa shape index (κ2) is 37.4. The number of nitrogens with two attached hydrogens (primary N) is 1. The van der Waals surface area contributed by atoms with Crippen LogP contribution in [0.25, 0.3) is 0 Å². The summed E-state index contributed by atoms with van der Waals surface area (Å²) in [5.41, 5.74) is 6.95. The van der Waals surface area contributed by atoms with Crippen molar-refractivity contribution in [2.45, 2.75) is 174 Å². The van der Waals surface area contributed by atoms with Crippen molar-refractivity contribution in [3.63, 3.8) is 0 Å². The third-order valence-corrected chi connectivity index (χ3v) is 19.7. The number of oxime groups is 1. The van der Waals surface area contributed by atoms with Gasteiger partial charge in [0.1, 0.15) is 30.2 Å². The van der Waals surface area contributed by atoms with E-state index < -0.39 is 96.3 Å². The summed E-state index contributed by atoms with van der Waals surface area (Å²) in [5, 5.41) is 26.3. The molecule has 27 nitrogen and oxygen atoms in total. The van der Waals surface area contributed by atoms with Gasteiger partial charge in [-0.3, -0.25) is 57.7 Å². The van der Waals surface area contributed by atoms with Gasteiger partial charge in [-0.25, -0.2) is 4.79 Å². The molecule has 0 bridgehead atoms. The number of hydrogen-bond donors (Lipinski definition) is 7. The molecule has 3 fully saturated rings. The van der Waals surface area contributed by atoms with Crippen molar-refractivity contribution in [2.24, 2.45) is 40.0 Å². The number of likely N-dealkylation sites (N-methyl/N-ethyl adjacent to an activating group) is 2. The number of nitrogens with one attached hydrogen (secondary N) is 5. The summed E-state index contributed by atoms with van der Waals surface area (Å²) in [4.78, 5) is 151. The standard InChI is InChI=1S/C67H101N11O16S/c1-13-42(6)60(50(92-11)32-55(82)77-30-18-21-49(77)61(93-12)43(7)62(85)69-35-48(74-90)45-19-17-20-47(31-45)91-10)75(8)57(84)37-71-64(87)59(41(4)5)76(9)66(89)94-38-44-23-25-46(26-24-44)72-54(81)36-70-63(86)58(40(2)3)73-53(80)22-15-14-16-29-78-56(83)33-51(65(78)88)95-39-67(27-28-67)34-52(68)79/h17,19-20,23-26,31,40-43,49-51,58-61,90H,13-16,18,21-22,27-30,32-39H2,1-12H3,(H2,68,79)(H,69,85)(H,70,86)(H,71,87)(H,72,81)(H,73,80)/b74-48-/t42-,43+,49-,50+,51?,58?,59?,60?,61+/m0/s1. The number of nitrogens with zero attached hydrogens (tertiary/aromatic N) is 5. The zero-order valence-electron chi connectivity index (χ0n) is 57.2. The summed E-state index contributed by atoms with van der Waals surface area (Å²) in [5.74, 6) is -4.37. The molecule has 95 heavy (non-hydrogen) atoms. The molecule has 8 N–H and O–H groups in total. The zero-order valence-corrected chi connectivity index (χ0v) is 58.0. The van der Waals surface area contributed by atoms with E-state index in [0.717, 1.165) is 17.7 Å². The molecule has 0 aromatic heterocycles. The maximum absolute atomic E-state index is 14.3. The number of primary amides is 1. The largest absolute Gasteiger partial charge is 0.497 e. The Kier molecular flexibility index (Phi) is 30.7. The minimum atomic E-state index is -1.04. The number of hydrogen-bond acceptors (Lipinski definition) is 18. The number of rotatable bonds is 39. The molecular weight excluding hydrogens is 1250 g/mol. The average Bonchev–Trinajstić information content (AvgIpc) is 1.70. The van der Waals surface area contributed by atoms with Crippen LogP contribution in [0.5, 0.6) is 5.75 Å². The van der Waals surface area contributed by atoms with Gasteiger partial charge in [0.25, 0.3) is 0 Å². The fourth-order valence-corrected chi connectivity index (χ4v) is 13.7. The van der Waals surface area contributed by atoms with Crippen molar-refractivity contribution in [2.75, 3.05) is 79.2 Å². The molecule has 526 valence electrons. The van der Waals surface area contributed by atoms with E-state index in [9.17, 15) is 57.9 Å². The van der Waals surface area contributed by atoms with Gasteiger partial charge in [0.05, 0.1) is 68.6 Å². The topological polar surface area (TPSA) is 356 Å². The van der Waals surface area contributed by atoms with Crippen molar-refractivity contribution in [1.82, 2.24) is 40.9 Å². The van der Waals surface area contributed by atoms with Crippen LogP contribution in [-0.4, -0.2) is 211 Å². The van der Waals surface area contributed by atoms with E-state index in [1.54, 1.807) is 95.1 Å². The summed E-state index contributed by atoms with van der Waals surface area (Å²) < 4.78 is 22.8. The molecule has 2 heterocycles. The molecule has 2 aromatic carbocycles. The van der Waals surface area contributed by atoms with Crippen molar-refractivity contribution >= 4 is 88.3 Å². The monoisotopic (exact) mass is 1350 g/mol. The predicted molar refractivity (Wildman–Crippen MR) is 356 cm³/mol. The number of carbonyl (C=O) groups excluding carboxylic acids is 11. The van der Waals surface area contributed by atoms with E-state index in [1.165, 1.54) is 49.9 Å². The number of benzene rings is 2. The van der Waals surface area contributed by atoms with Crippen molar-refractivity contribution in [3.05, 3.63) is 59.7 Å². The van der Waals surface area contributed by atoms with Gasteiger partial charge in [-0.2, -0.15) is 0 Å². The molecular formula is C67H101N11O16S. The number of amides is 11. The van der Waals surface area contributed by atoms with E-state index in [4.69, 9.17) is 24.7 Å². The van der Waals surface area contributed by atoms with Gasteiger partial charge in [0.15, 0.2) is 0 Å². The minimum Gasteiger partial charge on any atom is -0.497 e. The zero-order chi connectivity index (χ0) is 70.3. The maximum atomic E-state index is 14.3. The van der Waals surface area contributed by atoms with Crippen LogP contribution >= 0.6 is 11.8 Å². The lowest BCUT2D eigenvalue weighted by atomic mass is 9.90. The number of unbranched alkanes of at least 4 members (excludes halogenated alkanes) is 2. The summed E-state index contributed by atoms with van der Waals surface area (Å²) >= 11 is 1.41.